The molecule has 1 rings (SSSR count). The Bertz CT molecular complexity index is 291. The van der Waals surface area contributed by atoms with Gasteiger partial charge in [0.25, 0.3) is 0 Å². The average Bonchev–Trinajstić information content (AvgIpc) is 2.34. The summed E-state index contributed by atoms with van der Waals surface area (Å²) >= 11 is 0. The van der Waals surface area contributed by atoms with Crippen molar-refractivity contribution in [1.82, 2.24) is 9.97 Å². The summed E-state index contributed by atoms with van der Waals surface area (Å²) in [4.78, 5) is 8.26. The predicted octanol–water partition coefficient (Wildman–Crippen LogP) is 2.87. The number of aromatic nitrogens is 2. The molecule has 0 saturated carbocycles. The first-order valence-electron chi connectivity index (χ1n) is 5.99. The van der Waals surface area contributed by atoms with E-state index in [1.165, 1.54) is 25.7 Å². The number of anilines is 1. The molecule has 4 heteroatoms. The van der Waals surface area contributed by atoms with Gasteiger partial charge in [-0.3, -0.25) is 4.98 Å². The van der Waals surface area contributed by atoms with Gasteiger partial charge in [-0.1, -0.05) is 32.6 Å². The minimum absolute atomic E-state index is 0.599. The summed E-state index contributed by atoms with van der Waals surface area (Å²) in [6.07, 6.45) is 9.52. The Morgan fingerprint density at radius 2 is 2.00 bits per heavy atom. The Balaban J connectivity index is 2.16. The molecule has 1 heterocycles. The number of ether oxygens (including phenoxy) is 1. The van der Waals surface area contributed by atoms with E-state index >= 15 is 0 Å². The maximum absolute atomic E-state index is 5.52. The number of hydrogen-bond acceptors (Lipinski definition) is 4. The Morgan fingerprint density at radius 3 is 2.75 bits per heavy atom. The smallest absolute Gasteiger partial charge is 0.234 e. The van der Waals surface area contributed by atoms with Crippen LogP contribution in [0.4, 0.5) is 5.82 Å². The lowest BCUT2D eigenvalue weighted by Gasteiger charge is -2.05. The lowest BCUT2D eigenvalue weighted by molar-refractivity contribution is 0.292. The SMILES string of the molecule is CCCCCCCOc1cncc(NC)n1. The van der Waals surface area contributed by atoms with E-state index in [1.54, 1.807) is 12.4 Å². The molecule has 0 fully saturated rings. The molecule has 0 radical (unpaired) electrons. The highest BCUT2D eigenvalue weighted by Gasteiger charge is 1.97. The summed E-state index contributed by atoms with van der Waals surface area (Å²) < 4.78 is 5.52. The second kappa shape index (κ2) is 7.91. The van der Waals surface area contributed by atoms with Crippen LogP contribution in [0.25, 0.3) is 0 Å². The monoisotopic (exact) mass is 223 g/mol. The molecule has 1 N–H and O–H groups in total. The fraction of sp³-hybridized carbons (Fsp3) is 0.667. The molecule has 1 aromatic heterocycles. The van der Waals surface area contributed by atoms with E-state index in [1.807, 2.05) is 7.05 Å². The summed E-state index contributed by atoms with van der Waals surface area (Å²) in [6.45, 7) is 2.95. The Labute approximate surface area is 97.5 Å². The number of unbranched alkanes of at least 4 members (excludes halogenated alkanes) is 4. The minimum atomic E-state index is 0.599. The van der Waals surface area contributed by atoms with Gasteiger partial charge in [-0.25, -0.2) is 0 Å². The van der Waals surface area contributed by atoms with Crippen LogP contribution in [-0.4, -0.2) is 23.6 Å². The molecule has 0 saturated heterocycles. The first kappa shape index (κ1) is 12.7. The van der Waals surface area contributed by atoms with E-state index in [2.05, 4.69) is 22.2 Å². The van der Waals surface area contributed by atoms with Crippen LogP contribution in [0.3, 0.4) is 0 Å². The van der Waals surface area contributed by atoms with Gasteiger partial charge in [0.2, 0.25) is 5.88 Å². The lowest BCUT2D eigenvalue weighted by Crippen LogP contribution is -2.01. The van der Waals surface area contributed by atoms with Crippen molar-refractivity contribution in [2.75, 3.05) is 19.0 Å². The van der Waals surface area contributed by atoms with E-state index in [0.29, 0.717) is 5.88 Å². The molecule has 0 aliphatic heterocycles. The first-order chi connectivity index (χ1) is 7.86. The van der Waals surface area contributed by atoms with E-state index in [-0.39, 0.29) is 0 Å². The third-order valence-corrected chi connectivity index (χ3v) is 2.37. The number of nitrogens with zero attached hydrogens (tertiary/aromatic N) is 2. The molecule has 0 amide bonds. The first-order valence-corrected chi connectivity index (χ1v) is 5.99. The largest absolute Gasteiger partial charge is 0.477 e. The normalized spacial score (nSPS) is 10.1. The molecule has 0 aromatic carbocycles. The highest BCUT2D eigenvalue weighted by Crippen LogP contribution is 2.09. The van der Waals surface area contributed by atoms with Gasteiger partial charge in [0.1, 0.15) is 5.82 Å². The van der Waals surface area contributed by atoms with Crippen LogP contribution in [0.1, 0.15) is 39.0 Å². The van der Waals surface area contributed by atoms with Crippen molar-refractivity contribution >= 4 is 5.82 Å². The third kappa shape index (κ3) is 4.96. The summed E-state index contributed by atoms with van der Waals surface area (Å²) in [5, 5.41) is 2.93. The van der Waals surface area contributed by atoms with Crippen LogP contribution in [0.15, 0.2) is 12.4 Å². The summed E-state index contributed by atoms with van der Waals surface area (Å²) in [6, 6.07) is 0. The fourth-order valence-electron chi connectivity index (χ4n) is 1.42. The zero-order valence-electron chi connectivity index (χ0n) is 10.2. The number of nitrogens with one attached hydrogen (secondary N) is 1. The number of rotatable bonds is 8. The van der Waals surface area contributed by atoms with Gasteiger partial charge in [0.15, 0.2) is 0 Å². The van der Waals surface area contributed by atoms with Crippen LogP contribution in [0, 0.1) is 0 Å². The molecular weight excluding hydrogens is 202 g/mol. The fourth-order valence-corrected chi connectivity index (χ4v) is 1.42. The molecular formula is C12H21N3O. The second-order valence-corrected chi connectivity index (χ2v) is 3.76. The molecule has 1 aromatic rings. The Kier molecular flexibility index (Phi) is 6.30. The summed E-state index contributed by atoms with van der Waals surface area (Å²) in [5.41, 5.74) is 0. The molecule has 4 nitrogen and oxygen atoms in total. The van der Waals surface area contributed by atoms with Crippen molar-refractivity contribution in [2.45, 2.75) is 39.0 Å². The zero-order chi connectivity index (χ0) is 11.6. The Hall–Kier alpha value is -1.32. The molecule has 0 unspecified atom stereocenters. The average molecular weight is 223 g/mol. The van der Waals surface area contributed by atoms with Gasteiger partial charge in [-0.2, -0.15) is 4.98 Å². The minimum Gasteiger partial charge on any atom is -0.477 e. The van der Waals surface area contributed by atoms with E-state index in [0.717, 1.165) is 18.8 Å². The molecule has 90 valence electrons. The van der Waals surface area contributed by atoms with E-state index < -0.39 is 0 Å². The molecule has 16 heavy (non-hydrogen) atoms. The molecule has 0 atom stereocenters. The molecule has 0 aliphatic rings. The quantitative estimate of drug-likeness (QED) is 0.688. The number of hydrogen-bond donors (Lipinski definition) is 1. The third-order valence-electron chi connectivity index (χ3n) is 2.37. The highest BCUT2D eigenvalue weighted by atomic mass is 16.5. The molecule has 0 bridgehead atoms. The van der Waals surface area contributed by atoms with Gasteiger partial charge in [-0.15, -0.1) is 0 Å². The maximum Gasteiger partial charge on any atom is 0.234 e. The van der Waals surface area contributed by atoms with Gasteiger partial charge >= 0.3 is 0 Å². The van der Waals surface area contributed by atoms with E-state index in [9.17, 15) is 0 Å². The van der Waals surface area contributed by atoms with Crippen LogP contribution >= 0.6 is 0 Å². The van der Waals surface area contributed by atoms with Crippen molar-refractivity contribution < 1.29 is 4.74 Å². The van der Waals surface area contributed by atoms with Crippen molar-refractivity contribution in [1.29, 1.82) is 0 Å². The molecule has 0 aliphatic carbocycles. The van der Waals surface area contributed by atoms with Crippen molar-refractivity contribution in [3.63, 3.8) is 0 Å². The van der Waals surface area contributed by atoms with Gasteiger partial charge in [0, 0.05) is 7.05 Å². The van der Waals surface area contributed by atoms with Crippen LogP contribution in [0.5, 0.6) is 5.88 Å². The summed E-state index contributed by atoms with van der Waals surface area (Å²) in [7, 11) is 1.82. The lowest BCUT2D eigenvalue weighted by atomic mass is 10.2. The van der Waals surface area contributed by atoms with E-state index in [4.69, 9.17) is 4.74 Å². The van der Waals surface area contributed by atoms with Crippen LogP contribution < -0.4 is 10.1 Å². The molecule has 0 spiro atoms. The standard InChI is InChI=1S/C12H21N3O/c1-3-4-5-6-7-8-16-12-10-14-9-11(13-2)15-12/h9-10H,3-8H2,1-2H3,(H,13,15). The topological polar surface area (TPSA) is 47.0 Å². The predicted molar refractivity (Wildman–Crippen MR) is 65.8 cm³/mol. The zero-order valence-corrected chi connectivity index (χ0v) is 10.2. The maximum atomic E-state index is 5.52. The Morgan fingerprint density at radius 1 is 1.19 bits per heavy atom. The van der Waals surface area contributed by atoms with Crippen molar-refractivity contribution in [3.05, 3.63) is 12.4 Å². The van der Waals surface area contributed by atoms with Crippen molar-refractivity contribution in [3.8, 4) is 5.88 Å². The van der Waals surface area contributed by atoms with Gasteiger partial charge in [0.05, 0.1) is 19.0 Å². The summed E-state index contributed by atoms with van der Waals surface area (Å²) in [5.74, 6) is 1.34. The van der Waals surface area contributed by atoms with Crippen LogP contribution in [-0.2, 0) is 0 Å². The van der Waals surface area contributed by atoms with Gasteiger partial charge < -0.3 is 10.1 Å². The van der Waals surface area contributed by atoms with Crippen LogP contribution in [0.2, 0.25) is 0 Å². The van der Waals surface area contributed by atoms with Gasteiger partial charge in [-0.05, 0) is 6.42 Å². The highest BCUT2D eigenvalue weighted by molar-refractivity contribution is 5.31. The second-order valence-electron chi connectivity index (χ2n) is 3.76. The van der Waals surface area contributed by atoms with Crippen molar-refractivity contribution in [2.24, 2.45) is 0 Å².